The van der Waals surface area contributed by atoms with Gasteiger partial charge in [0.1, 0.15) is 5.82 Å². The minimum atomic E-state index is -0.366. The van der Waals surface area contributed by atoms with Crippen molar-refractivity contribution in [3.05, 3.63) is 35.6 Å². The lowest BCUT2D eigenvalue weighted by Gasteiger charge is -2.27. The molecule has 1 aromatic rings. The van der Waals surface area contributed by atoms with Gasteiger partial charge in [0.05, 0.1) is 19.0 Å². The first-order chi connectivity index (χ1) is 8.61. The number of benzene rings is 1. The minimum Gasteiger partial charge on any atom is -0.396 e. The molecule has 2 rings (SSSR count). The van der Waals surface area contributed by atoms with Crippen molar-refractivity contribution in [2.75, 3.05) is 13.2 Å². The van der Waals surface area contributed by atoms with Crippen molar-refractivity contribution in [1.82, 2.24) is 4.90 Å². The molecule has 1 saturated heterocycles. The van der Waals surface area contributed by atoms with Gasteiger partial charge in [0.15, 0.2) is 5.78 Å². The summed E-state index contributed by atoms with van der Waals surface area (Å²) in [5, 5.41) is 9.07. The smallest absolute Gasteiger partial charge is 0.231 e. The second-order valence-electron chi connectivity index (χ2n) is 4.32. The zero-order chi connectivity index (χ0) is 13.1. The van der Waals surface area contributed by atoms with E-state index in [4.69, 9.17) is 5.11 Å². The number of rotatable bonds is 4. The predicted octanol–water partition coefficient (Wildman–Crippen LogP) is 1.05. The molecule has 4 nitrogen and oxygen atoms in total. The molecular weight excluding hydrogens is 237 g/mol. The summed E-state index contributed by atoms with van der Waals surface area (Å²) in [5.74, 6) is -0.710. The Kier molecular flexibility index (Phi) is 3.72. The fraction of sp³-hybridized carbons (Fsp3) is 0.385. The number of carbonyl (C=O) groups excluding carboxylic acids is 2. The number of amides is 1. The molecule has 1 aliphatic heterocycles. The maximum Gasteiger partial charge on any atom is 0.231 e. The lowest BCUT2D eigenvalue weighted by molar-refractivity contribution is -0.130. The Morgan fingerprint density at radius 1 is 1.28 bits per heavy atom. The van der Waals surface area contributed by atoms with Gasteiger partial charge in [0.25, 0.3) is 0 Å². The third-order valence-electron chi connectivity index (χ3n) is 3.05. The van der Waals surface area contributed by atoms with Gasteiger partial charge in [-0.15, -0.1) is 0 Å². The highest BCUT2D eigenvalue weighted by atomic mass is 19.1. The van der Waals surface area contributed by atoms with E-state index >= 15 is 0 Å². The highest BCUT2D eigenvalue weighted by Gasteiger charge is 2.33. The average Bonchev–Trinajstić information content (AvgIpc) is 2.67. The summed E-state index contributed by atoms with van der Waals surface area (Å²) in [4.78, 5) is 24.4. The molecule has 1 unspecified atom stereocenters. The third-order valence-corrected chi connectivity index (χ3v) is 3.05. The van der Waals surface area contributed by atoms with E-state index in [2.05, 4.69) is 0 Å². The monoisotopic (exact) mass is 251 g/mol. The summed E-state index contributed by atoms with van der Waals surface area (Å²) in [6.45, 7) is -0.0269. The van der Waals surface area contributed by atoms with Crippen LogP contribution in [0.5, 0.6) is 0 Å². The Morgan fingerprint density at radius 3 is 2.44 bits per heavy atom. The molecule has 1 heterocycles. The quantitative estimate of drug-likeness (QED) is 0.814. The van der Waals surface area contributed by atoms with E-state index in [0.29, 0.717) is 6.42 Å². The SMILES string of the molecule is O=C1CC(=O)N(C(CCO)c2ccc(F)cc2)C1. The number of carbonyl (C=O) groups is 2. The van der Waals surface area contributed by atoms with Crippen LogP contribution in [0.3, 0.4) is 0 Å². The van der Waals surface area contributed by atoms with Crippen LogP contribution in [0.1, 0.15) is 24.4 Å². The van der Waals surface area contributed by atoms with E-state index in [1.54, 1.807) is 12.1 Å². The highest BCUT2D eigenvalue weighted by Crippen LogP contribution is 2.27. The van der Waals surface area contributed by atoms with Crippen LogP contribution >= 0.6 is 0 Å². The number of Topliss-reactive ketones (excluding diaryl/α,β-unsaturated/α-hetero) is 1. The maximum absolute atomic E-state index is 12.9. The molecular formula is C13H14FNO3. The van der Waals surface area contributed by atoms with Crippen LogP contribution in [0, 0.1) is 5.82 Å². The van der Waals surface area contributed by atoms with Gasteiger partial charge in [-0.25, -0.2) is 4.39 Å². The third kappa shape index (κ3) is 2.56. The second-order valence-corrected chi connectivity index (χ2v) is 4.32. The predicted molar refractivity (Wildman–Crippen MR) is 62.2 cm³/mol. The molecule has 1 atom stereocenters. The van der Waals surface area contributed by atoms with Crippen LogP contribution in [0.25, 0.3) is 0 Å². The van der Waals surface area contributed by atoms with E-state index in [1.807, 2.05) is 0 Å². The molecule has 1 amide bonds. The Bertz CT molecular complexity index is 458. The van der Waals surface area contributed by atoms with Crippen molar-refractivity contribution in [3.8, 4) is 0 Å². The van der Waals surface area contributed by atoms with Crippen molar-refractivity contribution in [1.29, 1.82) is 0 Å². The molecule has 1 aromatic carbocycles. The maximum atomic E-state index is 12.9. The van der Waals surface area contributed by atoms with Crippen molar-refractivity contribution >= 4 is 11.7 Å². The Labute approximate surface area is 104 Å². The van der Waals surface area contributed by atoms with E-state index in [0.717, 1.165) is 5.56 Å². The normalized spacial score (nSPS) is 17.3. The number of halogens is 1. The summed E-state index contributed by atoms with van der Waals surface area (Å²) in [7, 11) is 0. The molecule has 18 heavy (non-hydrogen) atoms. The Hall–Kier alpha value is -1.75. The standard InChI is InChI=1S/C13H14FNO3/c14-10-3-1-9(2-4-10)12(5-6-16)15-8-11(17)7-13(15)18/h1-4,12,16H,5-8H2. The number of likely N-dealkylation sites (tertiary alicyclic amines) is 1. The van der Waals surface area contributed by atoms with Crippen LogP contribution in [0.2, 0.25) is 0 Å². The zero-order valence-corrected chi connectivity index (χ0v) is 9.80. The first-order valence-electron chi connectivity index (χ1n) is 5.79. The average molecular weight is 251 g/mol. The molecule has 1 fully saturated rings. The first-order valence-corrected chi connectivity index (χ1v) is 5.79. The Morgan fingerprint density at radius 2 is 1.94 bits per heavy atom. The van der Waals surface area contributed by atoms with Gasteiger partial charge >= 0.3 is 0 Å². The minimum absolute atomic E-state index is 0.0703. The number of hydrogen-bond donors (Lipinski definition) is 1. The summed E-state index contributed by atoms with van der Waals surface area (Å²) in [6, 6.07) is 5.40. The number of aliphatic hydroxyl groups excluding tert-OH is 1. The van der Waals surface area contributed by atoms with Crippen LogP contribution in [0.4, 0.5) is 4.39 Å². The topological polar surface area (TPSA) is 57.6 Å². The summed E-state index contributed by atoms with van der Waals surface area (Å²) in [6.07, 6.45) is 0.258. The fourth-order valence-electron chi connectivity index (χ4n) is 2.20. The Balaban J connectivity index is 2.25. The van der Waals surface area contributed by atoms with E-state index < -0.39 is 0 Å². The highest BCUT2D eigenvalue weighted by molar-refractivity contribution is 6.05. The van der Waals surface area contributed by atoms with E-state index in [-0.39, 0.29) is 43.1 Å². The molecule has 5 heteroatoms. The zero-order valence-electron chi connectivity index (χ0n) is 9.80. The van der Waals surface area contributed by atoms with Gasteiger partial charge in [-0.3, -0.25) is 9.59 Å². The van der Waals surface area contributed by atoms with Crippen molar-refractivity contribution in [2.45, 2.75) is 18.9 Å². The number of ketones is 1. The molecule has 0 aliphatic carbocycles. The van der Waals surface area contributed by atoms with Gasteiger partial charge in [0.2, 0.25) is 5.91 Å². The fourth-order valence-corrected chi connectivity index (χ4v) is 2.20. The molecule has 0 spiro atoms. The number of nitrogens with zero attached hydrogens (tertiary/aromatic N) is 1. The lowest BCUT2D eigenvalue weighted by Crippen LogP contribution is -2.31. The van der Waals surface area contributed by atoms with Crippen molar-refractivity contribution in [3.63, 3.8) is 0 Å². The van der Waals surface area contributed by atoms with Gasteiger partial charge in [-0.2, -0.15) is 0 Å². The largest absolute Gasteiger partial charge is 0.396 e. The number of aliphatic hydroxyl groups is 1. The van der Waals surface area contributed by atoms with Crippen LogP contribution in [-0.2, 0) is 9.59 Å². The molecule has 1 N–H and O–H groups in total. The summed E-state index contributed by atoms with van der Waals surface area (Å²) < 4.78 is 12.9. The van der Waals surface area contributed by atoms with Crippen LogP contribution in [-0.4, -0.2) is 34.8 Å². The van der Waals surface area contributed by atoms with Gasteiger partial charge in [0, 0.05) is 6.61 Å². The van der Waals surface area contributed by atoms with Crippen molar-refractivity contribution in [2.24, 2.45) is 0 Å². The number of hydrogen-bond acceptors (Lipinski definition) is 3. The first kappa shape index (κ1) is 12.7. The molecule has 0 aromatic heterocycles. The summed E-state index contributed by atoms with van der Waals surface area (Å²) in [5.41, 5.74) is 0.730. The van der Waals surface area contributed by atoms with Gasteiger partial charge < -0.3 is 10.0 Å². The van der Waals surface area contributed by atoms with Crippen molar-refractivity contribution < 1.29 is 19.1 Å². The summed E-state index contributed by atoms with van der Waals surface area (Å²) >= 11 is 0. The van der Waals surface area contributed by atoms with E-state index in [1.165, 1.54) is 17.0 Å². The molecule has 96 valence electrons. The molecule has 0 saturated carbocycles. The molecule has 0 radical (unpaired) electrons. The van der Waals surface area contributed by atoms with Gasteiger partial charge in [-0.05, 0) is 24.1 Å². The molecule has 1 aliphatic rings. The van der Waals surface area contributed by atoms with Crippen LogP contribution in [0.15, 0.2) is 24.3 Å². The van der Waals surface area contributed by atoms with Gasteiger partial charge in [-0.1, -0.05) is 12.1 Å². The lowest BCUT2D eigenvalue weighted by atomic mass is 10.0. The molecule has 0 bridgehead atoms. The van der Waals surface area contributed by atoms with E-state index in [9.17, 15) is 14.0 Å². The second kappa shape index (κ2) is 5.27. The van der Waals surface area contributed by atoms with Crippen LogP contribution < -0.4 is 0 Å².